The number of alkyl carbamates (subject to hydrolysis) is 1. The molecule has 1 unspecified atom stereocenters. The van der Waals surface area contributed by atoms with Crippen molar-refractivity contribution in [3.05, 3.63) is 16.1 Å². The molecule has 0 aromatic carbocycles. The van der Waals surface area contributed by atoms with Crippen molar-refractivity contribution in [3.8, 4) is 0 Å². The number of hydrogen-bond donors (Lipinski definition) is 3. The Morgan fingerprint density at radius 1 is 1.55 bits per heavy atom. The predicted octanol–water partition coefficient (Wildman–Crippen LogP) is 1.61. The molecule has 2 rings (SSSR count). The first-order chi connectivity index (χ1) is 9.55. The van der Waals surface area contributed by atoms with Gasteiger partial charge in [-0.1, -0.05) is 23.2 Å². The Morgan fingerprint density at radius 3 is 2.95 bits per heavy atom. The van der Waals surface area contributed by atoms with Gasteiger partial charge in [-0.3, -0.25) is 0 Å². The molecule has 0 spiro atoms. The molecule has 1 amide bonds. The third kappa shape index (κ3) is 3.17. The number of anilines is 2. The van der Waals surface area contributed by atoms with Crippen LogP contribution in [0, 0.1) is 0 Å². The molecular formula is C11H15Cl2N5O2. The molecule has 0 bridgehead atoms. The number of aromatic nitrogens is 1. The van der Waals surface area contributed by atoms with Crippen LogP contribution in [0.25, 0.3) is 0 Å². The van der Waals surface area contributed by atoms with Crippen molar-refractivity contribution in [2.45, 2.75) is 12.5 Å². The van der Waals surface area contributed by atoms with Crippen molar-refractivity contribution in [1.82, 2.24) is 10.3 Å². The lowest BCUT2D eigenvalue weighted by molar-refractivity contribution is 0.167. The summed E-state index contributed by atoms with van der Waals surface area (Å²) in [6.07, 6.45) is 0.331. The summed E-state index contributed by atoms with van der Waals surface area (Å²) in [6.45, 7) is 1.31. The summed E-state index contributed by atoms with van der Waals surface area (Å²) >= 11 is 12.1. The van der Waals surface area contributed by atoms with Crippen molar-refractivity contribution in [1.29, 1.82) is 0 Å². The number of carbonyl (C=O) groups excluding carboxylic acids is 1. The van der Waals surface area contributed by atoms with Gasteiger partial charge in [0.1, 0.15) is 5.82 Å². The highest BCUT2D eigenvalue weighted by Gasteiger charge is 2.27. The molecule has 20 heavy (non-hydrogen) atoms. The minimum atomic E-state index is -0.448. The highest BCUT2D eigenvalue weighted by molar-refractivity contribution is 6.37. The van der Waals surface area contributed by atoms with Crippen LogP contribution in [0.4, 0.5) is 16.4 Å². The Hall–Kier alpha value is -1.44. The number of amides is 1. The van der Waals surface area contributed by atoms with E-state index in [1.165, 1.54) is 7.11 Å². The summed E-state index contributed by atoms with van der Waals surface area (Å²) in [5.41, 5.74) is 2.42. The minimum absolute atomic E-state index is 0.00900. The van der Waals surface area contributed by atoms with Gasteiger partial charge in [-0.15, -0.1) is 0 Å². The maximum Gasteiger partial charge on any atom is 0.407 e. The Labute approximate surface area is 126 Å². The molecule has 1 aromatic rings. The van der Waals surface area contributed by atoms with E-state index in [4.69, 9.17) is 29.0 Å². The molecule has 1 saturated heterocycles. The van der Waals surface area contributed by atoms with Gasteiger partial charge in [0.2, 0.25) is 0 Å². The summed E-state index contributed by atoms with van der Waals surface area (Å²) in [5.74, 6) is 6.29. The van der Waals surface area contributed by atoms with Crippen LogP contribution in [0.1, 0.15) is 6.42 Å². The second kappa shape index (κ2) is 6.34. The van der Waals surface area contributed by atoms with Gasteiger partial charge in [-0.25, -0.2) is 15.6 Å². The van der Waals surface area contributed by atoms with Crippen LogP contribution in [0.2, 0.25) is 10.0 Å². The molecule has 1 aromatic heterocycles. The highest BCUT2D eigenvalue weighted by Crippen LogP contribution is 2.32. The largest absolute Gasteiger partial charge is 0.453 e. The second-order valence-corrected chi connectivity index (χ2v) is 5.15. The smallest absolute Gasteiger partial charge is 0.407 e. The third-order valence-electron chi connectivity index (χ3n) is 3.04. The standard InChI is InChI=1S/C11H15Cl2N5O2/c1-20-11(19)15-6-2-3-18(5-6)10-8(13)4-7(12)9(16-10)17-14/h4,6H,2-3,5,14H2,1H3,(H,15,19)(H,16,17). The number of rotatable bonds is 3. The van der Waals surface area contributed by atoms with E-state index in [1.54, 1.807) is 6.07 Å². The Balaban J connectivity index is 2.11. The third-order valence-corrected chi connectivity index (χ3v) is 3.61. The molecule has 1 aliphatic rings. The molecule has 2 heterocycles. The molecule has 0 aliphatic carbocycles. The van der Waals surface area contributed by atoms with Gasteiger partial charge in [-0.2, -0.15) is 0 Å². The number of methoxy groups -OCH3 is 1. The van der Waals surface area contributed by atoms with Crippen molar-refractivity contribution in [2.24, 2.45) is 5.84 Å². The van der Waals surface area contributed by atoms with Crippen molar-refractivity contribution in [2.75, 3.05) is 30.5 Å². The average Bonchev–Trinajstić information content (AvgIpc) is 2.87. The van der Waals surface area contributed by atoms with Gasteiger partial charge in [-0.05, 0) is 12.5 Å². The Kier molecular flexibility index (Phi) is 4.74. The molecule has 1 fully saturated rings. The van der Waals surface area contributed by atoms with Crippen LogP contribution in [-0.4, -0.2) is 37.3 Å². The summed E-state index contributed by atoms with van der Waals surface area (Å²) in [6, 6.07) is 1.58. The zero-order chi connectivity index (χ0) is 14.7. The molecule has 1 aliphatic heterocycles. The topological polar surface area (TPSA) is 92.5 Å². The zero-order valence-electron chi connectivity index (χ0n) is 10.8. The molecule has 0 saturated carbocycles. The summed E-state index contributed by atoms with van der Waals surface area (Å²) in [5, 5.41) is 3.54. The minimum Gasteiger partial charge on any atom is -0.453 e. The second-order valence-electron chi connectivity index (χ2n) is 4.34. The number of hydrogen-bond acceptors (Lipinski definition) is 6. The number of hydrazine groups is 1. The van der Waals surface area contributed by atoms with Crippen LogP contribution < -0.4 is 21.5 Å². The molecule has 7 nitrogen and oxygen atoms in total. The number of nitrogen functional groups attached to an aromatic ring is 1. The number of nitrogens with one attached hydrogen (secondary N) is 2. The monoisotopic (exact) mass is 319 g/mol. The van der Waals surface area contributed by atoms with Crippen LogP contribution in [0.5, 0.6) is 0 Å². The maximum absolute atomic E-state index is 11.2. The SMILES string of the molecule is COC(=O)NC1CCN(c2nc(NN)c(Cl)cc2Cl)C1. The van der Waals surface area contributed by atoms with Crippen molar-refractivity contribution in [3.63, 3.8) is 0 Å². The van der Waals surface area contributed by atoms with Gasteiger partial charge in [0.25, 0.3) is 0 Å². The quantitative estimate of drug-likeness (QED) is 0.579. The van der Waals surface area contributed by atoms with Gasteiger partial charge >= 0.3 is 6.09 Å². The number of nitrogens with two attached hydrogens (primary N) is 1. The first-order valence-electron chi connectivity index (χ1n) is 5.97. The van der Waals surface area contributed by atoms with E-state index in [1.807, 2.05) is 4.90 Å². The lowest BCUT2D eigenvalue weighted by Gasteiger charge is -2.20. The number of pyridine rings is 1. The summed E-state index contributed by atoms with van der Waals surface area (Å²) < 4.78 is 4.57. The van der Waals surface area contributed by atoms with E-state index < -0.39 is 6.09 Å². The fourth-order valence-electron chi connectivity index (χ4n) is 2.08. The number of nitrogens with zero attached hydrogens (tertiary/aromatic N) is 2. The van der Waals surface area contributed by atoms with Gasteiger partial charge in [0.15, 0.2) is 5.82 Å². The fourth-order valence-corrected chi connectivity index (χ4v) is 2.61. The molecule has 0 radical (unpaired) electrons. The van der Waals surface area contributed by atoms with E-state index >= 15 is 0 Å². The van der Waals surface area contributed by atoms with Gasteiger partial charge in [0, 0.05) is 13.1 Å². The normalized spacial score (nSPS) is 18.0. The molecular weight excluding hydrogens is 305 g/mol. The molecule has 110 valence electrons. The van der Waals surface area contributed by atoms with Crippen LogP contribution in [0.15, 0.2) is 6.07 Å². The predicted molar refractivity (Wildman–Crippen MR) is 78.2 cm³/mol. The van der Waals surface area contributed by atoms with E-state index in [9.17, 15) is 4.79 Å². The van der Waals surface area contributed by atoms with E-state index in [-0.39, 0.29) is 6.04 Å². The first-order valence-corrected chi connectivity index (χ1v) is 6.72. The zero-order valence-corrected chi connectivity index (χ0v) is 12.3. The van der Waals surface area contributed by atoms with Crippen LogP contribution >= 0.6 is 23.2 Å². The van der Waals surface area contributed by atoms with E-state index in [0.29, 0.717) is 34.8 Å². The molecule has 1 atom stereocenters. The van der Waals surface area contributed by atoms with Crippen LogP contribution in [0.3, 0.4) is 0 Å². The van der Waals surface area contributed by atoms with E-state index in [2.05, 4.69) is 20.5 Å². The van der Waals surface area contributed by atoms with Gasteiger partial charge in [0.05, 0.1) is 23.2 Å². The molecule has 4 N–H and O–H groups in total. The first kappa shape index (κ1) is 15.0. The van der Waals surface area contributed by atoms with Crippen molar-refractivity contribution >= 4 is 40.9 Å². The fraction of sp³-hybridized carbons (Fsp3) is 0.455. The van der Waals surface area contributed by atoms with E-state index in [0.717, 1.165) is 6.42 Å². The maximum atomic E-state index is 11.2. The van der Waals surface area contributed by atoms with Crippen LogP contribution in [-0.2, 0) is 4.74 Å². The van der Waals surface area contributed by atoms with Gasteiger partial charge < -0.3 is 20.4 Å². The number of carbonyl (C=O) groups is 1. The lowest BCUT2D eigenvalue weighted by atomic mass is 10.3. The molecule has 9 heteroatoms. The summed E-state index contributed by atoms with van der Waals surface area (Å²) in [7, 11) is 1.33. The number of ether oxygens (including phenoxy) is 1. The van der Waals surface area contributed by atoms with Crippen molar-refractivity contribution < 1.29 is 9.53 Å². The summed E-state index contributed by atoms with van der Waals surface area (Å²) in [4.78, 5) is 17.4. The number of halogens is 2. The Bertz CT molecular complexity index is 514. The lowest BCUT2D eigenvalue weighted by Crippen LogP contribution is -2.37. The average molecular weight is 320 g/mol. The highest BCUT2D eigenvalue weighted by atomic mass is 35.5. The Morgan fingerprint density at radius 2 is 2.30 bits per heavy atom.